The first kappa shape index (κ1) is 13.7. The van der Waals surface area contributed by atoms with Crippen LogP contribution < -0.4 is 5.32 Å². The van der Waals surface area contributed by atoms with E-state index in [1.165, 1.54) is 6.07 Å². The van der Waals surface area contributed by atoms with Crippen molar-refractivity contribution in [3.63, 3.8) is 0 Å². The van der Waals surface area contributed by atoms with Crippen LogP contribution in [-0.2, 0) is 0 Å². The maximum atomic E-state index is 13.7. The fraction of sp³-hybridized carbons (Fsp3) is 0.462. The van der Waals surface area contributed by atoms with Crippen molar-refractivity contribution < 1.29 is 4.39 Å². The van der Waals surface area contributed by atoms with E-state index in [0.29, 0.717) is 10.7 Å². The van der Waals surface area contributed by atoms with Gasteiger partial charge in [-0.1, -0.05) is 30.3 Å². The highest BCUT2D eigenvalue weighted by Gasteiger charge is 2.26. The molecule has 1 atom stereocenters. The molecule has 0 fully saturated rings. The van der Waals surface area contributed by atoms with Crippen LogP contribution in [0.1, 0.15) is 26.7 Å². The van der Waals surface area contributed by atoms with E-state index >= 15 is 0 Å². The zero-order chi connectivity index (χ0) is 13.2. The third kappa shape index (κ3) is 3.18. The topological polar surface area (TPSA) is 24.4 Å². The molecule has 0 saturated heterocycles. The van der Waals surface area contributed by atoms with Crippen LogP contribution in [0.15, 0.2) is 23.2 Å². The summed E-state index contributed by atoms with van der Waals surface area (Å²) in [5.41, 5.74) is 0.391. The van der Waals surface area contributed by atoms with Gasteiger partial charge in [-0.15, -0.1) is 0 Å². The van der Waals surface area contributed by atoms with E-state index < -0.39 is 0 Å². The standard InChI is InChI=1S/C13H16ClFN2S/c1-3-13(2)6-7-18-12(17-13)16-11-5-4-9(14)8-10(11)15/h4-5,8H,3,6-7H2,1-2H3,(H,16,17). The third-order valence-corrected chi connectivity index (χ3v) is 4.30. The minimum absolute atomic E-state index is 0.0313. The van der Waals surface area contributed by atoms with Crippen molar-refractivity contribution in [3.8, 4) is 0 Å². The lowest BCUT2D eigenvalue weighted by Crippen LogP contribution is -2.29. The van der Waals surface area contributed by atoms with Crippen molar-refractivity contribution in [2.24, 2.45) is 4.99 Å². The van der Waals surface area contributed by atoms with Gasteiger partial charge in [0, 0.05) is 10.8 Å². The Bertz CT molecular complexity index is 478. The number of anilines is 1. The largest absolute Gasteiger partial charge is 0.333 e. The lowest BCUT2D eigenvalue weighted by molar-refractivity contribution is 0.443. The van der Waals surface area contributed by atoms with Crippen LogP contribution in [0.2, 0.25) is 5.02 Å². The average Bonchev–Trinajstić information content (AvgIpc) is 2.33. The van der Waals surface area contributed by atoms with Gasteiger partial charge < -0.3 is 5.32 Å². The second-order valence-electron chi connectivity index (χ2n) is 4.62. The Morgan fingerprint density at radius 3 is 3.00 bits per heavy atom. The fourth-order valence-electron chi connectivity index (χ4n) is 1.73. The molecule has 1 heterocycles. The van der Waals surface area contributed by atoms with Crippen molar-refractivity contribution in [1.82, 2.24) is 0 Å². The van der Waals surface area contributed by atoms with E-state index in [4.69, 9.17) is 11.6 Å². The lowest BCUT2D eigenvalue weighted by atomic mass is 9.97. The molecular weight excluding hydrogens is 271 g/mol. The molecular formula is C13H16ClFN2S. The summed E-state index contributed by atoms with van der Waals surface area (Å²) in [6.07, 6.45) is 2.05. The first-order valence-corrected chi connectivity index (χ1v) is 7.33. The maximum Gasteiger partial charge on any atom is 0.161 e. The fourth-order valence-corrected chi connectivity index (χ4v) is 3.09. The van der Waals surface area contributed by atoms with Gasteiger partial charge in [0.1, 0.15) is 5.82 Å². The van der Waals surface area contributed by atoms with E-state index in [1.54, 1.807) is 23.9 Å². The molecule has 2 nitrogen and oxygen atoms in total. The first-order valence-electron chi connectivity index (χ1n) is 5.97. The molecule has 1 aliphatic rings. The van der Waals surface area contributed by atoms with E-state index in [1.807, 2.05) is 0 Å². The molecule has 2 rings (SSSR count). The third-order valence-electron chi connectivity index (χ3n) is 3.19. The van der Waals surface area contributed by atoms with Gasteiger partial charge in [0.15, 0.2) is 5.17 Å². The molecule has 0 aliphatic carbocycles. The molecule has 0 amide bonds. The molecule has 0 aromatic heterocycles. The number of hydrogen-bond acceptors (Lipinski definition) is 3. The van der Waals surface area contributed by atoms with Gasteiger partial charge in [0.2, 0.25) is 0 Å². The van der Waals surface area contributed by atoms with Crippen LogP contribution in [0.4, 0.5) is 10.1 Å². The van der Waals surface area contributed by atoms with E-state index in [0.717, 1.165) is 23.8 Å². The zero-order valence-electron chi connectivity index (χ0n) is 10.5. The average molecular weight is 287 g/mol. The Balaban J connectivity index is 2.18. The summed E-state index contributed by atoms with van der Waals surface area (Å²) >= 11 is 7.35. The summed E-state index contributed by atoms with van der Waals surface area (Å²) in [4.78, 5) is 4.66. The molecule has 0 bridgehead atoms. The predicted molar refractivity (Wildman–Crippen MR) is 78.2 cm³/mol. The molecule has 1 aromatic carbocycles. The van der Waals surface area contributed by atoms with Crippen LogP contribution in [0.3, 0.4) is 0 Å². The number of halogens is 2. The first-order chi connectivity index (χ1) is 8.52. The summed E-state index contributed by atoms with van der Waals surface area (Å²) in [6.45, 7) is 4.26. The second kappa shape index (κ2) is 5.49. The highest BCUT2D eigenvalue weighted by atomic mass is 35.5. The Kier molecular flexibility index (Phi) is 4.17. The van der Waals surface area contributed by atoms with Gasteiger partial charge >= 0.3 is 0 Å². The second-order valence-corrected chi connectivity index (χ2v) is 6.14. The van der Waals surface area contributed by atoms with Crippen LogP contribution >= 0.6 is 23.4 Å². The summed E-state index contributed by atoms with van der Waals surface area (Å²) in [6, 6.07) is 4.61. The molecule has 0 spiro atoms. The van der Waals surface area contributed by atoms with Crippen LogP contribution in [0, 0.1) is 5.82 Å². The molecule has 98 valence electrons. The van der Waals surface area contributed by atoms with Gasteiger partial charge in [-0.05, 0) is 38.0 Å². The number of thioether (sulfide) groups is 1. The summed E-state index contributed by atoms with van der Waals surface area (Å²) < 4.78 is 13.7. The minimum atomic E-state index is -0.352. The summed E-state index contributed by atoms with van der Waals surface area (Å²) in [5, 5.41) is 4.23. The molecule has 0 saturated carbocycles. The molecule has 1 aromatic rings. The highest BCUT2D eigenvalue weighted by molar-refractivity contribution is 8.14. The van der Waals surface area contributed by atoms with Gasteiger partial charge in [-0.3, -0.25) is 4.99 Å². The van der Waals surface area contributed by atoms with Gasteiger partial charge in [-0.2, -0.15) is 0 Å². The van der Waals surface area contributed by atoms with Crippen molar-refractivity contribution in [3.05, 3.63) is 29.0 Å². The predicted octanol–water partition coefficient (Wildman–Crippen LogP) is 4.55. The van der Waals surface area contributed by atoms with Crippen LogP contribution in [0.25, 0.3) is 0 Å². The summed E-state index contributed by atoms with van der Waals surface area (Å²) in [7, 11) is 0. The number of nitrogens with zero attached hydrogens (tertiary/aromatic N) is 1. The number of nitrogens with one attached hydrogen (secondary N) is 1. The SMILES string of the molecule is CCC1(C)CCSC(Nc2ccc(Cl)cc2F)=N1. The Morgan fingerprint density at radius 1 is 1.56 bits per heavy atom. The van der Waals surface area contributed by atoms with E-state index in [9.17, 15) is 4.39 Å². The highest BCUT2D eigenvalue weighted by Crippen LogP contribution is 2.30. The van der Waals surface area contributed by atoms with Crippen molar-refractivity contribution in [2.75, 3.05) is 11.1 Å². The quantitative estimate of drug-likeness (QED) is 0.862. The lowest BCUT2D eigenvalue weighted by Gasteiger charge is -2.29. The van der Waals surface area contributed by atoms with Crippen molar-refractivity contribution in [2.45, 2.75) is 32.2 Å². The smallest absolute Gasteiger partial charge is 0.161 e. The normalized spacial score (nSPS) is 23.7. The van der Waals surface area contributed by atoms with E-state index in [2.05, 4.69) is 24.2 Å². The molecule has 0 radical (unpaired) electrons. The Morgan fingerprint density at radius 2 is 2.33 bits per heavy atom. The number of aliphatic imine (C=N–C) groups is 1. The van der Waals surface area contributed by atoms with Crippen molar-refractivity contribution in [1.29, 1.82) is 0 Å². The zero-order valence-corrected chi connectivity index (χ0v) is 12.0. The number of rotatable bonds is 2. The number of amidine groups is 1. The van der Waals surface area contributed by atoms with E-state index in [-0.39, 0.29) is 11.4 Å². The molecule has 1 unspecified atom stereocenters. The van der Waals surface area contributed by atoms with Crippen LogP contribution in [-0.4, -0.2) is 16.5 Å². The maximum absolute atomic E-state index is 13.7. The minimum Gasteiger partial charge on any atom is -0.333 e. The molecule has 1 N–H and O–H groups in total. The Labute approximate surface area is 116 Å². The monoisotopic (exact) mass is 286 g/mol. The summed E-state index contributed by atoms with van der Waals surface area (Å²) in [5.74, 6) is 0.653. The van der Waals surface area contributed by atoms with Gasteiger partial charge in [-0.25, -0.2) is 4.39 Å². The molecule has 5 heteroatoms. The Hall–Kier alpha value is -0.740. The van der Waals surface area contributed by atoms with Gasteiger partial charge in [0.05, 0.1) is 11.2 Å². The number of hydrogen-bond donors (Lipinski definition) is 1. The molecule has 18 heavy (non-hydrogen) atoms. The van der Waals surface area contributed by atoms with Crippen molar-refractivity contribution >= 4 is 34.2 Å². The molecule has 1 aliphatic heterocycles. The number of benzene rings is 1. The van der Waals surface area contributed by atoms with Gasteiger partial charge in [0.25, 0.3) is 0 Å². The van der Waals surface area contributed by atoms with Crippen LogP contribution in [0.5, 0.6) is 0 Å².